The lowest BCUT2D eigenvalue weighted by atomic mass is 9.98. The second-order valence-corrected chi connectivity index (χ2v) is 4.67. The fourth-order valence-electron chi connectivity index (χ4n) is 0.735. The lowest BCUT2D eigenvalue weighted by Gasteiger charge is -2.13. The maximum atomic E-state index is 10.7. The van der Waals surface area contributed by atoms with Gasteiger partial charge in [-0.2, -0.15) is 0 Å². The second-order valence-electron chi connectivity index (χ2n) is 3.64. The van der Waals surface area contributed by atoms with Crippen LogP contribution in [0.25, 0.3) is 0 Å². The quantitative estimate of drug-likeness (QED) is 0.719. The van der Waals surface area contributed by atoms with Gasteiger partial charge in [0.2, 0.25) is 0 Å². The van der Waals surface area contributed by atoms with Crippen molar-refractivity contribution in [3.05, 3.63) is 16.1 Å². The molecule has 4 heteroatoms. The standard InChI is InChI=1S/C8H12N2OS/c1-8(2,3)7-10-4-5(12-7)6(9)11/h4H,1-3H3,(H2,9,11). The third-order valence-electron chi connectivity index (χ3n) is 1.39. The van der Waals surface area contributed by atoms with Crippen molar-refractivity contribution >= 4 is 17.2 Å². The number of primary amides is 1. The summed E-state index contributed by atoms with van der Waals surface area (Å²) in [5.74, 6) is -0.400. The van der Waals surface area contributed by atoms with E-state index in [4.69, 9.17) is 5.73 Å². The number of hydrogen-bond acceptors (Lipinski definition) is 3. The molecule has 0 atom stereocenters. The summed E-state index contributed by atoms with van der Waals surface area (Å²) in [6.07, 6.45) is 1.54. The average Bonchev–Trinajstić information content (AvgIpc) is 2.30. The van der Waals surface area contributed by atoms with Crippen LogP contribution in [0.3, 0.4) is 0 Å². The van der Waals surface area contributed by atoms with Crippen LogP contribution in [0, 0.1) is 0 Å². The van der Waals surface area contributed by atoms with E-state index in [1.54, 1.807) is 0 Å². The van der Waals surface area contributed by atoms with Crippen LogP contribution in [0.5, 0.6) is 0 Å². The number of aromatic nitrogens is 1. The van der Waals surface area contributed by atoms with Gasteiger partial charge in [0.1, 0.15) is 4.88 Å². The average molecular weight is 184 g/mol. The molecule has 1 aromatic rings. The number of nitrogens with zero attached hydrogens (tertiary/aromatic N) is 1. The van der Waals surface area contributed by atoms with E-state index in [0.717, 1.165) is 5.01 Å². The Hall–Kier alpha value is -0.900. The van der Waals surface area contributed by atoms with Gasteiger partial charge in [-0.05, 0) is 0 Å². The number of amides is 1. The zero-order chi connectivity index (χ0) is 9.35. The molecule has 66 valence electrons. The van der Waals surface area contributed by atoms with Gasteiger partial charge in [0, 0.05) is 5.41 Å². The first-order valence-corrected chi connectivity index (χ1v) is 4.49. The molecule has 0 spiro atoms. The molecule has 0 aliphatic rings. The summed E-state index contributed by atoms with van der Waals surface area (Å²) in [5.41, 5.74) is 5.10. The highest BCUT2D eigenvalue weighted by atomic mass is 32.1. The highest BCUT2D eigenvalue weighted by Gasteiger charge is 2.19. The van der Waals surface area contributed by atoms with E-state index in [0.29, 0.717) is 4.88 Å². The molecule has 0 fully saturated rings. The Bertz CT molecular complexity index is 298. The molecule has 1 amide bonds. The molecule has 0 aliphatic carbocycles. The van der Waals surface area contributed by atoms with E-state index >= 15 is 0 Å². The molecule has 12 heavy (non-hydrogen) atoms. The fraction of sp³-hybridized carbons (Fsp3) is 0.500. The fourth-order valence-corrected chi connectivity index (χ4v) is 1.56. The number of hydrogen-bond donors (Lipinski definition) is 1. The number of nitrogens with two attached hydrogens (primary N) is 1. The van der Waals surface area contributed by atoms with Crippen molar-refractivity contribution in [2.45, 2.75) is 26.2 Å². The summed E-state index contributed by atoms with van der Waals surface area (Å²) in [6, 6.07) is 0. The summed E-state index contributed by atoms with van der Waals surface area (Å²) >= 11 is 1.36. The summed E-state index contributed by atoms with van der Waals surface area (Å²) < 4.78 is 0. The first-order valence-electron chi connectivity index (χ1n) is 3.67. The van der Waals surface area contributed by atoms with Gasteiger partial charge in [-0.25, -0.2) is 4.98 Å². The maximum Gasteiger partial charge on any atom is 0.260 e. The van der Waals surface area contributed by atoms with Crippen molar-refractivity contribution in [2.24, 2.45) is 5.73 Å². The van der Waals surface area contributed by atoms with Gasteiger partial charge in [-0.1, -0.05) is 20.8 Å². The van der Waals surface area contributed by atoms with Crippen molar-refractivity contribution in [3.63, 3.8) is 0 Å². The molecule has 0 aromatic carbocycles. The Balaban J connectivity index is 3.00. The summed E-state index contributed by atoms with van der Waals surface area (Å²) in [6.45, 7) is 6.16. The molecule has 0 bridgehead atoms. The van der Waals surface area contributed by atoms with Crippen LogP contribution in [0.15, 0.2) is 6.20 Å². The van der Waals surface area contributed by atoms with Crippen molar-refractivity contribution in [3.8, 4) is 0 Å². The Labute approximate surface area is 75.6 Å². The molecule has 1 heterocycles. The number of rotatable bonds is 1. The Kier molecular flexibility index (Phi) is 2.19. The van der Waals surface area contributed by atoms with Gasteiger partial charge in [0.25, 0.3) is 5.91 Å². The summed E-state index contributed by atoms with van der Waals surface area (Å²) in [4.78, 5) is 15.4. The molecular weight excluding hydrogens is 172 g/mol. The normalized spacial score (nSPS) is 11.6. The summed E-state index contributed by atoms with van der Waals surface area (Å²) in [5, 5.41) is 0.941. The predicted octanol–water partition coefficient (Wildman–Crippen LogP) is 1.54. The minimum Gasteiger partial charge on any atom is -0.365 e. The van der Waals surface area contributed by atoms with E-state index in [2.05, 4.69) is 25.8 Å². The van der Waals surface area contributed by atoms with Crippen molar-refractivity contribution in [1.82, 2.24) is 4.98 Å². The number of carbonyl (C=O) groups excluding carboxylic acids is 1. The van der Waals surface area contributed by atoms with E-state index in [9.17, 15) is 4.79 Å². The molecule has 3 nitrogen and oxygen atoms in total. The van der Waals surface area contributed by atoms with E-state index in [1.807, 2.05) is 0 Å². The smallest absolute Gasteiger partial charge is 0.260 e. The van der Waals surface area contributed by atoms with Gasteiger partial charge in [0.15, 0.2) is 0 Å². The molecule has 0 aliphatic heterocycles. The Morgan fingerprint density at radius 2 is 2.17 bits per heavy atom. The molecule has 0 unspecified atom stereocenters. The summed E-state index contributed by atoms with van der Waals surface area (Å²) in [7, 11) is 0. The van der Waals surface area contributed by atoms with Crippen molar-refractivity contribution in [2.75, 3.05) is 0 Å². The van der Waals surface area contributed by atoms with Crippen LogP contribution < -0.4 is 5.73 Å². The molecule has 0 radical (unpaired) electrons. The first-order chi connectivity index (χ1) is 5.41. The van der Waals surface area contributed by atoms with Crippen LogP contribution >= 0.6 is 11.3 Å². The molecular formula is C8H12N2OS. The van der Waals surface area contributed by atoms with Gasteiger partial charge in [-0.3, -0.25) is 4.79 Å². The topological polar surface area (TPSA) is 56.0 Å². The molecule has 1 rings (SSSR count). The largest absolute Gasteiger partial charge is 0.365 e. The lowest BCUT2D eigenvalue weighted by molar-refractivity contribution is 0.100. The molecule has 0 saturated carbocycles. The van der Waals surface area contributed by atoms with Crippen molar-refractivity contribution in [1.29, 1.82) is 0 Å². The van der Waals surface area contributed by atoms with E-state index in [-0.39, 0.29) is 5.41 Å². The minimum atomic E-state index is -0.400. The van der Waals surface area contributed by atoms with Crippen LogP contribution in [-0.4, -0.2) is 10.9 Å². The molecule has 1 aromatic heterocycles. The van der Waals surface area contributed by atoms with Gasteiger partial charge in [-0.15, -0.1) is 11.3 Å². The van der Waals surface area contributed by atoms with Gasteiger partial charge in [0.05, 0.1) is 11.2 Å². The highest BCUT2D eigenvalue weighted by Crippen LogP contribution is 2.26. The predicted molar refractivity (Wildman–Crippen MR) is 49.3 cm³/mol. The number of thiazole rings is 1. The third-order valence-corrected chi connectivity index (χ3v) is 2.83. The zero-order valence-corrected chi connectivity index (χ0v) is 8.23. The van der Waals surface area contributed by atoms with Crippen LogP contribution in [0.1, 0.15) is 35.5 Å². The van der Waals surface area contributed by atoms with Gasteiger partial charge >= 0.3 is 0 Å². The SMILES string of the molecule is CC(C)(C)c1ncc(C(N)=O)s1. The minimum absolute atomic E-state index is 0.00162. The second kappa shape index (κ2) is 2.86. The first kappa shape index (κ1) is 9.19. The highest BCUT2D eigenvalue weighted by molar-refractivity contribution is 7.13. The van der Waals surface area contributed by atoms with Gasteiger partial charge < -0.3 is 5.73 Å². The molecule has 2 N–H and O–H groups in total. The monoisotopic (exact) mass is 184 g/mol. The number of carbonyl (C=O) groups is 1. The third kappa shape index (κ3) is 1.82. The van der Waals surface area contributed by atoms with Crippen LogP contribution in [-0.2, 0) is 5.41 Å². The van der Waals surface area contributed by atoms with Crippen LogP contribution in [0.2, 0.25) is 0 Å². The lowest BCUT2D eigenvalue weighted by Crippen LogP contribution is -2.10. The Morgan fingerprint density at radius 3 is 2.42 bits per heavy atom. The maximum absolute atomic E-state index is 10.7. The van der Waals surface area contributed by atoms with E-state index < -0.39 is 5.91 Å². The van der Waals surface area contributed by atoms with Crippen molar-refractivity contribution < 1.29 is 4.79 Å². The Morgan fingerprint density at radius 1 is 1.58 bits per heavy atom. The van der Waals surface area contributed by atoms with Crippen LogP contribution in [0.4, 0.5) is 0 Å². The van der Waals surface area contributed by atoms with E-state index in [1.165, 1.54) is 17.5 Å². The zero-order valence-electron chi connectivity index (χ0n) is 7.42. The molecule has 0 saturated heterocycles.